The standard InChI is InChI=1S/C25H28N2O2/c28-24(22-16-20(22)18-8-3-1-4-9-18)26-12-7-13-27(15-14-26)25(29)23-17-21(23)19-10-5-2-6-11-19/h1-6,8-11,20-23H,7,12-17H2. The highest BCUT2D eigenvalue weighted by Crippen LogP contribution is 2.49. The molecule has 2 aromatic carbocycles. The van der Waals surface area contributed by atoms with Crippen LogP contribution in [0.1, 0.15) is 42.2 Å². The molecule has 4 heteroatoms. The summed E-state index contributed by atoms with van der Waals surface area (Å²) in [5.41, 5.74) is 2.55. The molecule has 1 saturated heterocycles. The van der Waals surface area contributed by atoms with Gasteiger partial charge in [0.1, 0.15) is 0 Å². The molecule has 4 nitrogen and oxygen atoms in total. The van der Waals surface area contributed by atoms with Crippen LogP contribution in [0.4, 0.5) is 0 Å². The van der Waals surface area contributed by atoms with E-state index in [1.165, 1.54) is 11.1 Å². The van der Waals surface area contributed by atoms with Crippen LogP contribution < -0.4 is 0 Å². The van der Waals surface area contributed by atoms with Gasteiger partial charge in [-0.3, -0.25) is 9.59 Å². The number of rotatable bonds is 4. The summed E-state index contributed by atoms with van der Waals surface area (Å²) in [5.74, 6) is 1.57. The van der Waals surface area contributed by atoms with Crippen LogP contribution in [0.3, 0.4) is 0 Å². The van der Waals surface area contributed by atoms with Gasteiger partial charge in [-0.2, -0.15) is 0 Å². The third kappa shape index (κ3) is 3.81. The molecule has 2 aliphatic carbocycles. The molecule has 4 unspecified atom stereocenters. The maximum atomic E-state index is 13.0. The van der Waals surface area contributed by atoms with Crippen molar-refractivity contribution in [3.05, 3.63) is 71.8 Å². The van der Waals surface area contributed by atoms with Crippen LogP contribution in [-0.4, -0.2) is 47.8 Å². The van der Waals surface area contributed by atoms with Gasteiger partial charge in [0.05, 0.1) is 0 Å². The highest BCUT2D eigenvalue weighted by Gasteiger charge is 2.47. The van der Waals surface area contributed by atoms with Gasteiger partial charge < -0.3 is 9.80 Å². The maximum Gasteiger partial charge on any atom is 0.226 e. The van der Waals surface area contributed by atoms with E-state index in [0.29, 0.717) is 24.9 Å². The Balaban J connectivity index is 1.15. The molecule has 2 saturated carbocycles. The van der Waals surface area contributed by atoms with Crippen molar-refractivity contribution in [1.82, 2.24) is 9.80 Å². The predicted molar refractivity (Wildman–Crippen MR) is 112 cm³/mol. The molecule has 0 radical (unpaired) electrons. The first-order chi connectivity index (χ1) is 14.2. The van der Waals surface area contributed by atoms with Crippen molar-refractivity contribution < 1.29 is 9.59 Å². The first kappa shape index (κ1) is 18.4. The van der Waals surface area contributed by atoms with Crippen LogP contribution in [0.5, 0.6) is 0 Å². The normalized spacial score (nSPS) is 28.6. The second-order valence-electron chi connectivity index (χ2n) is 8.72. The van der Waals surface area contributed by atoms with Crippen LogP contribution >= 0.6 is 0 Å². The summed E-state index contributed by atoms with van der Waals surface area (Å²) >= 11 is 0. The summed E-state index contributed by atoms with van der Waals surface area (Å²) in [7, 11) is 0. The lowest BCUT2D eigenvalue weighted by Crippen LogP contribution is -2.38. The second-order valence-corrected chi connectivity index (χ2v) is 8.72. The Morgan fingerprint density at radius 2 is 1.03 bits per heavy atom. The topological polar surface area (TPSA) is 40.6 Å². The Hall–Kier alpha value is -2.62. The lowest BCUT2D eigenvalue weighted by molar-refractivity contribution is -0.135. The molecule has 0 N–H and O–H groups in total. The minimum absolute atomic E-state index is 0.130. The summed E-state index contributed by atoms with van der Waals surface area (Å²) in [6.07, 6.45) is 2.80. The number of carbonyl (C=O) groups excluding carboxylic acids is 2. The van der Waals surface area contributed by atoms with Crippen LogP contribution in [0, 0.1) is 11.8 Å². The van der Waals surface area contributed by atoms with Gasteiger partial charge in [-0.15, -0.1) is 0 Å². The molecule has 2 amide bonds. The highest BCUT2D eigenvalue weighted by molar-refractivity contribution is 5.84. The van der Waals surface area contributed by atoms with Gasteiger partial charge in [-0.25, -0.2) is 0 Å². The number of benzene rings is 2. The number of hydrogen-bond acceptors (Lipinski definition) is 2. The fourth-order valence-corrected chi connectivity index (χ4v) is 4.90. The highest BCUT2D eigenvalue weighted by atomic mass is 16.2. The number of hydrogen-bond donors (Lipinski definition) is 0. The van der Waals surface area contributed by atoms with E-state index < -0.39 is 0 Å². The minimum Gasteiger partial charge on any atom is -0.341 e. The third-order valence-corrected chi connectivity index (χ3v) is 6.79. The zero-order valence-electron chi connectivity index (χ0n) is 16.7. The summed E-state index contributed by atoms with van der Waals surface area (Å²) in [5, 5.41) is 0. The zero-order chi connectivity index (χ0) is 19.8. The average Bonchev–Trinajstić information content (AvgIpc) is 3.67. The van der Waals surface area contributed by atoms with E-state index in [1.807, 2.05) is 46.2 Å². The van der Waals surface area contributed by atoms with E-state index in [4.69, 9.17) is 0 Å². The van der Waals surface area contributed by atoms with Crippen molar-refractivity contribution in [3.8, 4) is 0 Å². The molecule has 29 heavy (non-hydrogen) atoms. The summed E-state index contributed by atoms with van der Waals surface area (Å²) in [6, 6.07) is 20.7. The van der Waals surface area contributed by atoms with Crippen molar-refractivity contribution in [3.63, 3.8) is 0 Å². The Kier molecular flexibility index (Phi) is 4.86. The molecule has 0 aromatic heterocycles. The van der Waals surface area contributed by atoms with Crippen molar-refractivity contribution >= 4 is 11.8 Å². The lowest BCUT2D eigenvalue weighted by Gasteiger charge is -2.22. The zero-order valence-corrected chi connectivity index (χ0v) is 16.7. The average molecular weight is 389 g/mol. The molecule has 1 heterocycles. The van der Waals surface area contributed by atoms with E-state index in [1.54, 1.807) is 0 Å². The molecular formula is C25H28N2O2. The van der Waals surface area contributed by atoms with E-state index in [9.17, 15) is 9.59 Å². The largest absolute Gasteiger partial charge is 0.341 e. The quantitative estimate of drug-likeness (QED) is 0.802. The Labute approximate surface area is 172 Å². The molecule has 150 valence electrons. The first-order valence-corrected chi connectivity index (χ1v) is 10.9. The number of nitrogens with zero attached hydrogens (tertiary/aromatic N) is 2. The van der Waals surface area contributed by atoms with Gasteiger partial charge in [0.15, 0.2) is 0 Å². The second kappa shape index (κ2) is 7.66. The van der Waals surface area contributed by atoms with Crippen LogP contribution in [0.25, 0.3) is 0 Å². The van der Waals surface area contributed by atoms with Crippen molar-refractivity contribution in [2.75, 3.05) is 26.2 Å². The monoisotopic (exact) mass is 388 g/mol. The van der Waals surface area contributed by atoms with Crippen molar-refractivity contribution in [1.29, 1.82) is 0 Å². The van der Waals surface area contributed by atoms with E-state index in [2.05, 4.69) is 24.3 Å². The van der Waals surface area contributed by atoms with E-state index in [-0.39, 0.29) is 23.7 Å². The Bertz CT molecular complexity index is 809. The Morgan fingerprint density at radius 1 is 0.621 bits per heavy atom. The minimum atomic E-state index is 0.130. The first-order valence-electron chi connectivity index (χ1n) is 10.9. The summed E-state index contributed by atoms with van der Waals surface area (Å²) < 4.78 is 0. The van der Waals surface area contributed by atoms with Gasteiger partial charge in [-0.1, -0.05) is 60.7 Å². The van der Waals surface area contributed by atoms with Gasteiger partial charge in [-0.05, 0) is 42.2 Å². The van der Waals surface area contributed by atoms with Crippen LogP contribution in [0.2, 0.25) is 0 Å². The molecule has 3 fully saturated rings. The SMILES string of the molecule is O=C(C1CC1c1ccccc1)N1CCCN(C(=O)C2CC2c2ccccc2)CC1. The molecule has 1 aliphatic heterocycles. The van der Waals surface area contributed by atoms with Gasteiger partial charge >= 0.3 is 0 Å². The summed E-state index contributed by atoms with van der Waals surface area (Å²) in [4.78, 5) is 30.0. The fourth-order valence-electron chi connectivity index (χ4n) is 4.90. The van der Waals surface area contributed by atoms with Gasteiger partial charge in [0.2, 0.25) is 11.8 Å². The van der Waals surface area contributed by atoms with Crippen LogP contribution in [0.15, 0.2) is 60.7 Å². The maximum absolute atomic E-state index is 13.0. The number of carbonyl (C=O) groups is 2. The molecule has 0 spiro atoms. The summed E-state index contributed by atoms with van der Waals surface area (Å²) in [6.45, 7) is 2.89. The van der Waals surface area contributed by atoms with E-state index >= 15 is 0 Å². The van der Waals surface area contributed by atoms with Crippen molar-refractivity contribution in [2.24, 2.45) is 11.8 Å². The van der Waals surface area contributed by atoms with Crippen molar-refractivity contribution in [2.45, 2.75) is 31.1 Å². The molecule has 4 atom stereocenters. The van der Waals surface area contributed by atoms with Gasteiger partial charge in [0, 0.05) is 38.0 Å². The lowest BCUT2D eigenvalue weighted by atomic mass is 10.1. The smallest absolute Gasteiger partial charge is 0.226 e. The van der Waals surface area contributed by atoms with E-state index in [0.717, 1.165) is 32.4 Å². The fraction of sp³-hybridized carbons (Fsp3) is 0.440. The molecular weight excluding hydrogens is 360 g/mol. The molecule has 3 aliphatic rings. The third-order valence-electron chi connectivity index (χ3n) is 6.79. The number of amides is 2. The Morgan fingerprint density at radius 3 is 1.45 bits per heavy atom. The molecule has 0 bridgehead atoms. The molecule has 2 aromatic rings. The molecule has 5 rings (SSSR count). The van der Waals surface area contributed by atoms with Crippen LogP contribution in [-0.2, 0) is 9.59 Å². The predicted octanol–water partition coefficient (Wildman–Crippen LogP) is 3.65. The van der Waals surface area contributed by atoms with Gasteiger partial charge in [0.25, 0.3) is 0 Å².